The Balaban J connectivity index is 0.000000276. The number of benzene rings is 2. The Labute approximate surface area is 303 Å². The van der Waals surface area contributed by atoms with E-state index in [9.17, 15) is 35.9 Å². The number of carbonyl (C=O) groups excluding carboxylic acids is 2. The van der Waals surface area contributed by atoms with Crippen molar-refractivity contribution in [3.05, 3.63) is 68.7 Å². The van der Waals surface area contributed by atoms with Gasteiger partial charge in [0, 0.05) is 69.9 Å². The number of amides is 2. The highest BCUT2D eigenvalue weighted by molar-refractivity contribution is 9.10. The third-order valence-corrected chi connectivity index (χ3v) is 8.51. The number of nitriles is 1. The Hall–Kier alpha value is -3.55. The van der Waals surface area contributed by atoms with Gasteiger partial charge in [-0.15, -0.1) is 0 Å². The minimum Gasteiger partial charge on any atom is -0.444 e. The molecule has 0 bridgehead atoms. The lowest BCUT2D eigenvalue weighted by molar-refractivity contribution is -0.138. The summed E-state index contributed by atoms with van der Waals surface area (Å²) >= 11 is 3.22. The molecule has 2 amide bonds. The number of alkyl halides is 6. The molecule has 16 heteroatoms. The van der Waals surface area contributed by atoms with Gasteiger partial charge in [-0.3, -0.25) is 9.80 Å². The minimum absolute atomic E-state index is 0.0226. The molecule has 2 fully saturated rings. The summed E-state index contributed by atoms with van der Waals surface area (Å²) in [6, 6.07) is 8.75. The summed E-state index contributed by atoms with van der Waals surface area (Å²) in [6.07, 6.45) is -9.52. The van der Waals surface area contributed by atoms with E-state index in [2.05, 4.69) is 20.8 Å². The number of hydrogen-bond donors (Lipinski definition) is 0. The van der Waals surface area contributed by atoms with Crippen molar-refractivity contribution in [2.75, 3.05) is 52.4 Å². The molecule has 0 radical (unpaired) electrons. The molecule has 2 aromatic rings. The zero-order chi connectivity index (χ0) is 38.4. The van der Waals surface area contributed by atoms with E-state index < -0.39 is 34.7 Å². The average Bonchev–Trinajstić information content (AvgIpc) is 3.00. The van der Waals surface area contributed by atoms with Crippen molar-refractivity contribution in [3.63, 3.8) is 0 Å². The monoisotopic (exact) mass is 791 g/mol. The number of carbonyl (C=O) groups is 2. The zero-order valence-corrected chi connectivity index (χ0v) is 31.1. The third kappa shape index (κ3) is 13.5. The predicted octanol–water partition coefficient (Wildman–Crippen LogP) is 8.15. The van der Waals surface area contributed by atoms with Crippen LogP contribution in [0.3, 0.4) is 0 Å². The van der Waals surface area contributed by atoms with Gasteiger partial charge in [0.05, 0.1) is 22.8 Å². The molecule has 0 atom stereocenters. The first kappa shape index (κ1) is 41.9. The first-order chi connectivity index (χ1) is 23.4. The van der Waals surface area contributed by atoms with Crippen LogP contribution < -0.4 is 0 Å². The van der Waals surface area contributed by atoms with E-state index in [1.165, 1.54) is 12.1 Å². The van der Waals surface area contributed by atoms with Gasteiger partial charge in [0.15, 0.2) is 0 Å². The van der Waals surface area contributed by atoms with Crippen LogP contribution in [0.4, 0.5) is 35.9 Å². The third-order valence-electron chi connectivity index (χ3n) is 7.77. The Kier molecular flexibility index (Phi) is 13.8. The normalized spacial score (nSPS) is 16.5. The molecular weight excluding hydrogens is 748 g/mol. The van der Waals surface area contributed by atoms with Crippen LogP contribution in [0.1, 0.15) is 69.4 Å². The summed E-state index contributed by atoms with van der Waals surface area (Å²) in [5.41, 5.74) is -1.22. The van der Waals surface area contributed by atoms with Crippen LogP contribution in [0.25, 0.3) is 0 Å². The lowest BCUT2D eigenvalue weighted by atomic mass is 10.0. The first-order valence-electron chi connectivity index (χ1n) is 16.3. The number of piperazine rings is 2. The van der Waals surface area contributed by atoms with Gasteiger partial charge < -0.3 is 19.3 Å². The van der Waals surface area contributed by atoms with Gasteiger partial charge in [0.25, 0.3) is 0 Å². The summed E-state index contributed by atoms with van der Waals surface area (Å²) in [5, 5.41) is 9.16. The smallest absolute Gasteiger partial charge is 0.416 e. The lowest BCUT2D eigenvalue weighted by Gasteiger charge is -2.35. The highest BCUT2D eigenvalue weighted by Gasteiger charge is 2.33. The van der Waals surface area contributed by atoms with E-state index in [1.807, 2.05) is 31.7 Å². The quantitative estimate of drug-likeness (QED) is 0.289. The van der Waals surface area contributed by atoms with Crippen LogP contribution in [-0.4, -0.2) is 95.3 Å². The molecule has 0 unspecified atom stereocenters. The number of nitrogens with zero attached hydrogens (tertiary/aromatic N) is 5. The van der Waals surface area contributed by atoms with Gasteiger partial charge in [0.2, 0.25) is 0 Å². The van der Waals surface area contributed by atoms with Crippen molar-refractivity contribution in [1.82, 2.24) is 19.6 Å². The summed E-state index contributed by atoms with van der Waals surface area (Å²) in [7, 11) is 0. The van der Waals surface area contributed by atoms with Gasteiger partial charge in [0.1, 0.15) is 11.2 Å². The zero-order valence-electron chi connectivity index (χ0n) is 29.5. The van der Waals surface area contributed by atoms with Gasteiger partial charge >= 0.3 is 24.5 Å². The Morgan fingerprint density at radius 1 is 0.667 bits per heavy atom. The molecule has 0 saturated carbocycles. The first-order valence-corrected chi connectivity index (χ1v) is 17.1. The van der Waals surface area contributed by atoms with Crippen molar-refractivity contribution < 1.29 is 45.4 Å². The van der Waals surface area contributed by atoms with Crippen LogP contribution in [0, 0.1) is 11.3 Å². The van der Waals surface area contributed by atoms with Gasteiger partial charge in [-0.1, -0.05) is 28.1 Å². The second-order valence-electron chi connectivity index (χ2n) is 14.3. The maximum Gasteiger partial charge on any atom is 0.416 e. The fraction of sp³-hybridized carbons (Fsp3) is 0.571. The molecule has 4 rings (SSSR count). The predicted molar refractivity (Wildman–Crippen MR) is 181 cm³/mol. The fourth-order valence-electron chi connectivity index (χ4n) is 5.16. The van der Waals surface area contributed by atoms with Gasteiger partial charge in [-0.2, -0.15) is 31.6 Å². The molecule has 0 N–H and O–H groups in total. The van der Waals surface area contributed by atoms with Crippen molar-refractivity contribution in [3.8, 4) is 6.07 Å². The van der Waals surface area contributed by atoms with Crippen molar-refractivity contribution in [2.45, 2.75) is 78.2 Å². The maximum absolute atomic E-state index is 12.8. The van der Waals surface area contributed by atoms with Crippen LogP contribution in [-0.2, 0) is 34.9 Å². The Bertz CT molecular complexity index is 1550. The summed E-state index contributed by atoms with van der Waals surface area (Å²) < 4.78 is 87.5. The number of rotatable bonds is 4. The minimum atomic E-state index is -4.47. The van der Waals surface area contributed by atoms with E-state index in [1.54, 1.807) is 30.6 Å². The highest BCUT2D eigenvalue weighted by atomic mass is 79.9. The van der Waals surface area contributed by atoms with E-state index in [0.717, 1.165) is 29.8 Å². The molecule has 2 aromatic carbocycles. The van der Waals surface area contributed by atoms with E-state index in [0.29, 0.717) is 75.5 Å². The second kappa shape index (κ2) is 16.9. The molecule has 2 aliphatic rings. The number of hydrogen-bond acceptors (Lipinski definition) is 7. The maximum atomic E-state index is 12.8. The molecule has 0 aromatic heterocycles. The number of halogens is 7. The standard InChI is InChI=1S/C18H22F3N3O2.C17H22BrF3N2O2/c1-17(2,3)26-16(25)24-8-6-23(7-9-24)12-13-4-5-15(18(19,20)21)10-14(13)11-22;1-16(2,3)25-15(24)23-8-6-22(7-9-23)11-12-4-5-13(10-14(12)18)17(19,20)21/h4-5,10H,6-9,12H2,1-3H3;4-5,10H,6-9,11H2,1-3H3. The van der Waals surface area contributed by atoms with Crippen molar-refractivity contribution in [2.24, 2.45) is 0 Å². The Morgan fingerprint density at radius 2 is 1.04 bits per heavy atom. The van der Waals surface area contributed by atoms with Crippen LogP contribution in [0.2, 0.25) is 0 Å². The van der Waals surface area contributed by atoms with Crippen molar-refractivity contribution in [1.29, 1.82) is 5.26 Å². The molecule has 2 heterocycles. The molecule has 2 aliphatic heterocycles. The lowest BCUT2D eigenvalue weighted by Crippen LogP contribution is -2.49. The van der Waals surface area contributed by atoms with Crippen LogP contribution in [0.5, 0.6) is 0 Å². The van der Waals surface area contributed by atoms with Gasteiger partial charge in [-0.05, 0) is 76.9 Å². The van der Waals surface area contributed by atoms with Gasteiger partial charge in [-0.25, -0.2) is 9.59 Å². The van der Waals surface area contributed by atoms with E-state index in [4.69, 9.17) is 14.7 Å². The topological polar surface area (TPSA) is 89.3 Å². The fourth-order valence-corrected chi connectivity index (χ4v) is 5.66. The molecule has 282 valence electrons. The molecule has 2 saturated heterocycles. The van der Waals surface area contributed by atoms with E-state index >= 15 is 0 Å². The largest absolute Gasteiger partial charge is 0.444 e. The molecule has 0 spiro atoms. The summed E-state index contributed by atoms with van der Waals surface area (Å²) in [5.74, 6) is 0. The summed E-state index contributed by atoms with van der Waals surface area (Å²) in [4.78, 5) is 31.5. The molecular formula is C35H44BrF6N5O4. The second-order valence-corrected chi connectivity index (χ2v) is 15.1. The summed E-state index contributed by atoms with van der Waals surface area (Å²) in [6.45, 7) is 16.2. The number of ether oxygens (including phenoxy) is 2. The van der Waals surface area contributed by atoms with Crippen molar-refractivity contribution >= 4 is 28.1 Å². The van der Waals surface area contributed by atoms with E-state index in [-0.39, 0.29) is 17.7 Å². The highest BCUT2D eigenvalue weighted by Crippen LogP contribution is 2.33. The molecule has 0 aliphatic carbocycles. The molecule has 9 nitrogen and oxygen atoms in total. The Morgan fingerprint density at radius 3 is 1.39 bits per heavy atom. The van der Waals surface area contributed by atoms with Crippen LogP contribution >= 0.6 is 15.9 Å². The molecule has 51 heavy (non-hydrogen) atoms. The average molecular weight is 793 g/mol. The SMILES string of the molecule is CC(C)(C)OC(=O)N1CCN(Cc2ccc(C(F)(F)F)cc2Br)CC1.CC(C)(C)OC(=O)N1CCN(Cc2ccc(C(F)(F)F)cc2C#N)CC1. The van der Waals surface area contributed by atoms with Crippen LogP contribution in [0.15, 0.2) is 40.9 Å².